The molecule has 0 atom stereocenters. The van der Waals surface area contributed by atoms with Crippen LogP contribution >= 0.6 is 15.9 Å². The molecule has 3 rings (SSSR count). The molecule has 3 aromatic rings. The molecule has 96 valence electrons. The third-order valence-corrected chi connectivity index (χ3v) is 4.32. The van der Waals surface area contributed by atoms with Gasteiger partial charge in [-0.2, -0.15) is 0 Å². The average molecular weight is 315 g/mol. The molecular weight excluding hydrogens is 300 g/mol. The van der Waals surface area contributed by atoms with Crippen molar-refractivity contribution in [2.45, 2.75) is 20.4 Å². The van der Waals surface area contributed by atoms with Crippen molar-refractivity contribution in [1.29, 1.82) is 0 Å². The van der Waals surface area contributed by atoms with Crippen molar-refractivity contribution in [1.82, 2.24) is 9.55 Å². The Balaban J connectivity index is 2.06. The van der Waals surface area contributed by atoms with E-state index in [-0.39, 0.29) is 0 Å². The van der Waals surface area contributed by atoms with E-state index in [0.717, 1.165) is 18.1 Å². The van der Waals surface area contributed by atoms with Crippen LogP contribution in [-0.2, 0) is 6.54 Å². The number of hydrogen-bond acceptors (Lipinski definition) is 1. The number of aryl methyl sites for hydroxylation is 2. The quantitative estimate of drug-likeness (QED) is 0.682. The zero-order valence-electron chi connectivity index (χ0n) is 11.0. The van der Waals surface area contributed by atoms with E-state index in [4.69, 9.17) is 0 Å². The third-order valence-electron chi connectivity index (χ3n) is 3.38. The van der Waals surface area contributed by atoms with Crippen molar-refractivity contribution >= 4 is 26.7 Å². The summed E-state index contributed by atoms with van der Waals surface area (Å²) in [6, 6.07) is 12.8. The zero-order chi connectivity index (χ0) is 13.4. The predicted octanol–water partition coefficient (Wildman–Crippen LogP) is 4.46. The molecule has 2 aromatic carbocycles. The van der Waals surface area contributed by atoms with Crippen LogP contribution in [0.3, 0.4) is 0 Å². The van der Waals surface area contributed by atoms with Crippen LogP contribution < -0.4 is 0 Å². The molecule has 0 N–H and O–H groups in total. The number of hydrogen-bond donors (Lipinski definition) is 0. The van der Waals surface area contributed by atoms with Crippen molar-refractivity contribution in [3.05, 3.63) is 64.1 Å². The van der Waals surface area contributed by atoms with Gasteiger partial charge in [-0.15, -0.1) is 0 Å². The van der Waals surface area contributed by atoms with Crippen molar-refractivity contribution in [2.75, 3.05) is 0 Å². The lowest BCUT2D eigenvalue weighted by atomic mass is 10.1. The Hall–Kier alpha value is -1.61. The molecule has 2 nitrogen and oxygen atoms in total. The summed E-state index contributed by atoms with van der Waals surface area (Å²) in [6.07, 6.45) is 2.09. The van der Waals surface area contributed by atoms with Gasteiger partial charge >= 0.3 is 0 Å². The average Bonchev–Trinajstić information content (AvgIpc) is 2.72. The fourth-order valence-electron chi connectivity index (χ4n) is 2.41. The molecule has 19 heavy (non-hydrogen) atoms. The Morgan fingerprint density at radius 1 is 1.11 bits per heavy atom. The van der Waals surface area contributed by atoms with Gasteiger partial charge in [-0.05, 0) is 46.1 Å². The van der Waals surface area contributed by atoms with Gasteiger partial charge in [-0.25, -0.2) is 4.98 Å². The van der Waals surface area contributed by atoms with Crippen LogP contribution in [0.1, 0.15) is 17.1 Å². The molecule has 0 amide bonds. The Morgan fingerprint density at radius 2 is 1.89 bits per heavy atom. The monoisotopic (exact) mass is 314 g/mol. The molecule has 0 spiro atoms. The number of fused-ring (bicyclic) bond motifs is 1. The lowest BCUT2D eigenvalue weighted by Crippen LogP contribution is -2.01. The molecule has 0 aliphatic rings. The van der Waals surface area contributed by atoms with Gasteiger partial charge in [0.25, 0.3) is 0 Å². The second-order valence-electron chi connectivity index (χ2n) is 4.82. The Labute approximate surface area is 121 Å². The van der Waals surface area contributed by atoms with E-state index in [0.29, 0.717) is 0 Å². The molecule has 0 fully saturated rings. The molecule has 0 saturated carbocycles. The minimum absolute atomic E-state index is 0.845. The summed E-state index contributed by atoms with van der Waals surface area (Å²) >= 11 is 3.74. The van der Waals surface area contributed by atoms with Gasteiger partial charge in [0.2, 0.25) is 0 Å². The number of rotatable bonds is 2. The normalized spacial score (nSPS) is 11.1. The van der Waals surface area contributed by atoms with E-state index in [2.05, 4.69) is 68.1 Å². The summed E-state index contributed by atoms with van der Waals surface area (Å²) in [4.78, 5) is 4.45. The minimum atomic E-state index is 0.845. The van der Waals surface area contributed by atoms with Crippen molar-refractivity contribution < 1.29 is 0 Å². The predicted molar refractivity (Wildman–Crippen MR) is 82.5 cm³/mol. The van der Waals surface area contributed by atoms with Gasteiger partial charge in [0.1, 0.15) is 5.82 Å². The highest BCUT2D eigenvalue weighted by Crippen LogP contribution is 2.28. The maximum atomic E-state index is 4.45. The highest BCUT2D eigenvalue weighted by atomic mass is 79.9. The van der Waals surface area contributed by atoms with E-state index in [1.54, 1.807) is 0 Å². The minimum Gasteiger partial charge on any atom is -0.330 e. The molecule has 0 unspecified atom stereocenters. The topological polar surface area (TPSA) is 17.8 Å². The van der Waals surface area contributed by atoms with Crippen molar-refractivity contribution in [3.63, 3.8) is 0 Å². The van der Waals surface area contributed by atoms with Gasteiger partial charge in [0, 0.05) is 17.2 Å². The highest BCUT2D eigenvalue weighted by molar-refractivity contribution is 9.10. The van der Waals surface area contributed by atoms with Gasteiger partial charge in [-0.1, -0.05) is 36.4 Å². The first-order chi connectivity index (χ1) is 9.15. The van der Waals surface area contributed by atoms with Crippen LogP contribution in [0.4, 0.5) is 0 Å². The summed E-state index contributed by atoms with van der Waals surface area (Å²) in [5.41, 5.74) is 2.34. The highest BCUT2D eigenvalue weighted by Gasteiger charge is 2.07. The number of halogens is 1. The van der Waals surface area contributed by atoms with E-state index in [9.17, 15) is 0 Å². The van der Waals surface area contributed by atoms with Gasteiger partial charge in [-0.3, -0.25) is 0 Å². The Morgan fingerprint density at radius 3 is 2.63 bits per heavy atom. The molecule has 0 aliphatic carbocycles. The molecule has 0 radical (unpaired) electrons. The largest absolute Gasteiger partial charge is 0.330 e. The Kier molecular flexibility index (Phi) is 3.15. The van der Waals surface area contributed by atoms with Crippen LogP contribution in [0.2, 0.25) is 0 Å². The summed E-state index contributed by atoms with van der Waals surface area (Å²) in [5.74, 6) is 1.05. The van der Waals surface area contributed by atoms with Gasteiger partial charge in [0.05, 0.1) is 5.69 Å². The first-order valence-electron chi connectivity index (χ1n) is 6.31. The van der Waals surface area contributed by atoms with Crippen LogP contribution in [0.15, 0.2) is 47.1 Å². The third kappa shape index (κ3) is 2.30. The fraction of sp³-hybridized carbons (Fsp3) is 0.188. The molecule has 1 aromatic heterocycles. The second kappa shape index (κ2) is 4.82. The lowest BCUT2D eigenvalue weighted by molar-refractivity contribution is 0.760. The van der Waals surface area contributed by atoms with Gasteiger partial charge < -0.3 is 4.57 Å². The van der Waals surface area contributed by atoms with Crippen molar-refractivity contribution in [2.24, 2.45) is 0 Å². The van der Waals surface area contributed by atoms with Crippen LogP contribution in [0, 0.1) is 13.8 Å². The molecule has 3 heteroatoms. The summed E-state index contributed by atoms with van der Waals surface area (Å²) in [6.45, 7) is 4.92. The first kappa shape index (κ1) is 12.4. The SMILES string of the molecule is Cc1cn(Cc2ccc3ccccc3c2Br)c(C)n1. The van der Waals surface area contributed by atoms with E-state index in [1.807, 2.05) is 13.8 Å². The summed E-state index contributed by atoms with van der Waals surface area (Å²) in [7, 11) is 0. The van der Waals surface area contributed by atoms with E-state index in [1.165, 1.54) is 20.8 Å². The van der Waals surface area contributed by atoms with Crippen LogP contribution in [-0.4, -0.2) is 9.55 Å². The first-order valence-corrected chi connectivity index (χ1v) is 7.11. The number of nitrogens with zero attached hydrogens (tertiary/aromatic N) is 2. The standard InChI is InChI=1S/C16H15BrN2/c1-11-9-19(12(2)18-11)10-14-8-7-13-5-3-4-6-15(13)16(14)17/h3-9H,10H2,1-2H3. The Bertz CT molecular complexity index is 744. The second-order valence-corrected chi connectivity index (χ2v) is 5.61. The molecule has 1 heterocycles. The maximum absolute atomic E-state index is 4.45. The van der Waals surface area contributed by atoms with E-state index < -0.39 is 0 Å². The van der Waals surface area contributed by atoms with Crippen LogP contribution in [0.5, 0.6) is 0 Å². The molecular formula is C16H15BrN2. The number of imidazole rings is 1. The smallest absolute Gasteiger partial charge is 0.106 e. The molecule has 0 aliphatic heterocycles. The zero-order valence-corrected chi connectivity index (χ0v) is 12.6. The maximum Gasteiger partial charge on any atom is 0.106 e. The lowest BCUT2D eigenvalue weighted by Gasteiger charge is -2.10. The summed E-state index contributed by atoms with van der Waals surface area (Å²) < 4.78 is 3.36. The molecule has 0 bridgehead atoms. The van der Waals surface area contributed by atoms with Crippen LogP contribution in [0.25, 0.3) is 10.8 Å². The number of aromatic nitrogens is 2. The van der Waals surface area contributed by atoms with E-state index >= 15 is 0 Å². The fourth-order valence-corrected chi connectivity index (χ4v) is 3.03. The molecule has 0 saturated heterocycles. The van der Waals surface area contributed by atoms with Gasteiger partial charge in [0.15, 0.2) is 0 Å². The van der Waals surface area contributed by atoms with Crippen molar-refractivity contribution in [3.8, 4) is 0 Å². The summed E-state index contributed by atoms with van der Waals surface area (Å²) in [5, 5.41) is 2.52. The number of benzene rings is 2.